The molecule has 26 heavy (non-hydrogen) atoms. The number of hydrogen-bond acceptors (Lipinski definition) is 2. The smallest absolute Gasteiger partial charge is 0.229 e. The fourth-order valence-corrected chi connectivity index (χ4v) is 7.35. The summed E-state index contributed by atoms with van der Waals surface area (Å²) in [5, 5.41) is 0. The van der Waals surface area contributed by atoms with Crippen LogP contribution in [0.1, 0.15) is 80.8 Å². The van der Waals surface area contributed by atoms with Gasteiger partial charge in [-0.15, -0.1) is 0 Å². The van der Waals surface area contributed by atoms with Crippen molar-refractivity contribution < 1.29 is 9.22 Å². The zero-order valence-corrected chi connectivity index (χ0v) is 18.3. The molecule has 0 atom stereocenters. The Morgan fingerprint density at radius 1 is 1.04 bits per heavy atom. The first-order chi connectivity index (χ1) is 12.2. The number of aldehydes is 1. The van der Waals surface area contributed by atoms with E-state index in [2.05, 4.69) is 39.9 Å². The predicted molar refractivity (Wildman–Crippen MR) is 110 cm³/mol. The Balaban J connectivity index is 1.94. The third-order valence-corrected chi connectivity index (χ3v) is 7.75. The minimum atomic E-state index is -1.30. The zero-order chi connectivity index (χ0) is 18.7. The van der Waals surface area contributed by atoms with Gasteiger partial charge in [-0.05, 0) is 86.4 Å². The lowest BCUT2D eigenvalue weighted by Gasteiger charge is -2.58. The van der Waals surface area contributed by atoms with Crippen molar-refractivity contribution in [3.63, 3.8) is 0 Å². The normalized spacial score (nSPS) is 32.9. The van der Waals surface area contributed by atoms with E-state index in [9.17, 15) is 4.79 Å². The summed E-state index contributed by atoms with van der Waals surface area (Å²) in [6, 6.07) is 4.23. The standard InChI is InChI=1S/C23H34O2Si/c1-22(2,3)19-7-6-18(14-24)21(25-26(4)5)20(19)23-11-15-8-16(12-23)10-17(9-15)13-23/h6-7,14-17,26H,8-13H2,1-5H3. The van der Waals surface area contributed by atoms with Crippen molar-refractivity contribution in [2.45, 2.75) is 83.2 Å². The van der Waals surface area contributed by atoms with Crippen LogP contribution >= 0.6 is 0 Å². The maximum absolute atomic E-state index is 11.9. The second-order valence-electron chi connectivity index (χ2n) is 10.6. The quantitative estimate of drug-likeness (QED) is 0.507. The second kappa shape index (κ2) is 6.22. The Kier molecular flexibility index (Phi) is 4.37. The summed E-state index contributed by atoms with van der Waals surface area (Å²) in [7, 11) is -1.30. The second-order valence-corrected chi connectivity index (χ2v) is 13.0. The number of hydrogen-bond donors (Lipinski definition) is 0. The zero-order valence-electron chi connectivity index (χ0n) is 17.1. The van der Waals surface area contributed by atoms with Gasteiger partial charge in [-0.25, -0.2) is 0 Å². The molecule has 142 valence electrons. The molecule has 5 rings (SSSR count). The maximum Gasteiger partial charge on any atom is 0.229 e. The van der Waals surface area contributed by atoms with Crippen LogP contribution in [0.15, 0.2) is 12.1 Å². The number of carbonyl (C=O) groups is 1. The van der Waals surface area contributed by atoms with Crippen LogP contribution in [-0.4, -0.2) is 15.3 Å². The highest BCUT2D eigenvalue weighted by atomic mass is 28.3. The van der Waals surface area contributed by atoms with E-state index < -0.39 is 9.04 Å². The van der Waals surface area contributed by atoms with Crippen molar-refractivity contribution in [1.82, 2.24) is 0 Å². The molecule has 0 amide bonds. The molecule has 0 heterocycles. The van der Waals surface area contributed by atoms with Crippen LogP contribution in [0.25, 0.3) is 0 Å². The van der Waals surface area contributed by atoms with Gasteiger partial charge in [0.25, 0.3) is 0 Å². The SMILES string of the molecule is C[SiH](C)Oc1c(C=O)ccc(C(C)(C)C)c1C12CC3CC(CC(C3)C1)C2. The molecule has 0 aromatic heterocycles. The molecular weight excluding hydrogens is 336 g/mol. The molecule has 1 aromatic carbocycles. The van der Waals surface area contributed by atoms with Gasteiger partial charge in [-0.3, -0.25) is 4.79 Å². The summed E-state index contributed by atoms with van der Waals surface area (Å²) in [4.78, 5) is 11.9. The molecule has 0 radical (unpaired) electrons. The summed E-state index contributed by atoms with van der Waals surface area (Å²) in [6.07, 6.45) is 9.25. The fraction of sp³-hybridized carbons (Fsp3) is 0.696. The Hall–Kier alpha value is -1.09. The summed E-state index contributed by atoms with van der Waals surface area (Å²) >= 11 is 0. The van der Waals surface area contributed by atoms with Crippen LogP contribution in [0.2, 0.25) is 13.1 Å². The van der Waals surface area contributed by atoms with Gasteiger partial charge in [0.1, 0.15) is 5.75 Å². The molecule has 4 aliphatic carbocycles. The van der Waals surface area contributed by atoms with Gasteiger partial charge in [-0.2, -0.15) is 0 Å². The highest BCUT2D eigenvalue weighted by Crippen LogP contribution is 2.63. The Morgan fingerprint density at radius 3 is 2.00 bits per heavy atom. The topological polar surface area (TPSA) is 26.3 Å². The van der Waals surface area contributed by atoms with Crippen molar-refractivity contribution in [2.24, 2.45) is 17.8 Å². The minimum absolute atomic E-state index is 0.0662. The van der Waals surface area contributed by atoms with Gasteiger partial charge in [0.2, 0.25) is 9.04 Å². The highest BCUT2D eigenvalue weighted by molar-refractivity contribution is 6.49. The van der Waals surface area contributed by atoms with E-state index in [1.165, 1.54) is 49.7 Å². The summed E-state index contributed by atoms with van der Waals surface area (Å²) in [5.74, 6) is 3.62. The fourth-order valence-electron chi connectivity index (χ4n) is 6.62. The van der Waals surface area contributed by atoms with Gasteiger partial charge >= 0.3 is 0 Å². The largest absolute Gasteiger partial charge is 0.546 e. The maximum atomic E-state index is 11.9. The van der Waals surface area contributed by atoms with Crippen molar-refractivity contribution in [3.05, 3.63) is 28.8 Å². The van der Waals surface area contributed by atoms with Crippen molar-refractivity contribution in [3.8, 4) is 5.75 Å². The lowest BCUT2D eigenvalue weighted by Crippen LogP contribution is -2.49. The third kappa shape index (κ3) is 2.96. The molecular formula is C23H34O2Si. The van der Waals surface area contributed by atoms with Crippen LogP contribution < -0.4 is 4.43 Å². The summed E-state index contributed by atoms with van der Waals surface area (Å²) in [6.45, 7) is 11.3. The van der Waals surface area contributed by atoms with E-state index in [0.29, 0.717) is 0 Å². The van der Waals surface area contributed by atoms with Crippen molar-refractivity contribution in [2.75, 3.05) is 0 Å². The van der Waals surface area contributed by atoms with E-state index >= 15 is 0 Å². The van der Waals surface area contributed by atoms with Crippen LogP contribution in [-0.2, 0) is 10.8 Å². The molecule has 0 saturated heterocycles. The van der Waals surface area contributed by atoms with Crippen molar-refractivity contribution in [1.29, 1.82) is 0 Å². The van der Waals surface area contributed by atoms with Gasteiger partial charge in [-0.1, -0.05) is 26.8 Å². The van der Waals surface area contributed by atoms with Gasteiger partial charge < -0.3 is 4.43 Å². The summed E-state index contributed by atoms with van der Waals surface area (Å²) < 4.78 is 6.50. The molecule has 4 fully saturated rings. The molecule has 0 unspecified atom stereocenters. The molecule has 4 bridgehead atoms. The highest BCUT2D eigenvalue weighted by Gasteiger charge is 2.53. The molecule has 0 N–H and O–H groups in total. The van der Waals surface area contributed by atoms with Crippen LogP contribution in [0.3, 0.4) is 0 Å². The first-order valence-electron chi connectivity index (χ1n) is 10.5. The van der Waals surface area contributed by atoms with Crippen LogP contribution in [0.5, 0.6) is 5.75 Å². The lowest BCUT2D eigenvalue weighted by molar-refractivity contribution is -0.00659. The van der Waals surface area contributed by atoms with Crippen molar-refractivity contribution >= 4 is 15.3 Å². The van der Waals surface area contributed by atoms with Gasteiger partial charge in [0.15, 0.2) is 6.29 Å². The molecule has 0 spiro atoms. The van der Waals surface area contributed by atoms with E-state index in [0.717, 1.165) is 35.4 Å². The van der Waals surface area contributed by atoms with Crippen LogP contribution in [0, 0.1) is 17.8 Å². The molecule has 4 aliphatic rings. The average molecular weight is 371 g/mol. The molecule has 4 saturated carbocycles. The molecule has 1 aromatic rings. The van der Waals surface area contributed by atoms with E-state index in [1.807, 2.05) is 6.07 Å². The Morgan fingerprint density at radius 2 is 1.58 bits per heavy atom. The lowest BCUT2D eigenvalue weighted by atomic mass is 9.47. The molecule has 3 heteroatoms. The predicted octanol–water partition coefficient (Wildman–Crippen LogP) is 5.63. The van der Waals surface area contributed by atoms with Gasteiger partial charge in [0.05, 0.1) is 5.56 Å². The molecule has 0 aliphatic heterocycles. The molecule has 2 nitrogen and oxygen atoms in total. The Labute approximate surface area is 160 Å². The van der Waals surface area contributed by atoms with Gasteiger partial charge in [0, 0.05) is 11.0 Å². The minimum Gasteiger partial charge on any atom is -0.546 e. The number of carbonyl (C=O) groups excluding carboxylic acids is 1. The summed E-state index contributed by atoms with van der Waals surface area (Å²) in [5.41, 5.74) is 3.92. The van der Waals surface area contributed by atoms with E-state index in [1.54, 1.807) is 0 Å². The first-order valence-corrected chi connectivity index (χ1v) is 13.3. The van der Waals surface area contributed by atoms with E-state index in [4.69, 9.17) is 4.43 Å². The average Bonchev–Trinajstić information content (AvgIpc) is 2.51. The third-order valence-electron chi connectivity index (χ3n) is 7.05. The van der Waals surface area contributed by atoms with Crippen LogP contribution in [0.4, 0.5) is 0 Å². The van der Waals surface area contributed by atoms with E-state index in [-0.39, 0.29) is 10.8 Å². The monoisotopic (exact) mass is 370 g/mol. The first kappa shape index (κ1) is 18.3. The number of benzene rings is 1. The number of rotatable bonds is 4. The Bertz CT molecular complexity index is 678.